The number of hydrogen-bond acceptors (Lipinski definition) is 2. The van der Waals surface area contributed by atoms with Crippen LogP contribution in [0.5, 0.6) is 0 Å². The molecule has 1 aliphatic rings. The van der Waals surface area contributed by atoms with Crippen LogP contribution >= 0.6 is 12.2 Å². The maximum Gasteiger partial charge on any atom is 0.433 e. The van der Waals surface area contributed by atoms with Crippen LogP contribution in [0.25, 0.3) is 0 Å². The van der Waals surface area contributed by atoms with Crippen LogP contribution < -0.4 is 5.73 Å². The molecule has 2 rings (SSSR count). The Labute approximate surface area is 95.7 Å². The van der Waals surface area contributed by atoms with Crippen molar-refractivity contribution in [1.82, 2.24) is 4.98 Å². The van der Waals surface area contributed by atoms with Gasteiger partial charge in [0.1, 0.15) is 5.69 Å². The number of alkyl halides is 3. The molecule has 1 saturated carbocycles. The second kappa shape index (κ2) is 3.41. The molecule has 6 heteroatoms. The Balaban J connectivity index is 2.54. The van der Waals surface area contributed by atoms with Crippen LogP contribution in [0.15, 0.2) is 18.3 Å². The van der Waals surface area contributed by atoms with Gasteiger partial charge in [0.15, 0.2) is 0 Å². The van der Waals surface area contributed by atoms with E-state index >= 15 is 0 Å². The molecule has 16 heavy (non-hydrogen) atoms. The Morgan fingerprint density at radius 1 is 1.44 bits per heavy atom. The molecular weight excluding hydrogens is 237 g/mol. The summed E-state index contributed by atoms with van der Waals surface area (Å²) in [5.41, 5.74) is 3.96. The molecule has 1 fully saturated rings. The summed E-state index contributed by atoms with van der Waals surface area (Å²) in [5.74, 6) is 0. The number of halogens is 3. The lowest BCUT2D eigenvalue weighted by molar-refractivity contribution is -0.142. The van der Waals surface area contributed by atoms with Crippen molar-refractivity contribution in [2.75, 3.05) is 0 Å². The van der Waals surface area contributed by atoms with Crippen molar-refractivity contribution in [3.8, 4) is 0 Å². The van der Waals surface area contributed by atoms with E-state index < -0.39 is 17.3 Å². The lowest BCUT2D eigenvalue weighted by atomic mass is 9.94. The molecule has 0 aliphatic heterocycles. The van der Waals surface area contributed by atoms with Gasteiger partial charge in [0.2, 0.25) is 0 Å². The Morgan fingerprint density at radius 2 is 2.06 bits per heavy atom. The van der Waals surface area contributed by atoms with Gasteiger partial charge in [0.05, 0.1) is 4.99 Å². The van der Waals surface area contributed by atoms with Crippen LogP contribution in [0.1, 0.15) is 24.1 Å². The topological polar surface area (TPSA) is 38.9 Å². The second-order valence-corrected chi connectivity index (χ2v) is 4.28. The van der Waals surface area contributed by atoms with Crippen LogP contribution in [0.2, 0.25) is 0 Å². The molecule has 1 aromatic rings. The molecule has 0 aromatic carbocycles. The van der Waals surface area contributed by atoms with Crippen molar-refractivity contribution >= 4 is 17.2 Å². The third-order valence-electron chi connectivity index (χ3n) is 2.81. The van der Waals surface area contributed by atoms with Crippen LogP contribution in [0.4, 0.5) is 13.2 Å². The van der Waals surface area contributed by atoms with E-state index in [2.05, 4.69) is 4.98 Å². The van der Waals surface area contributed by atoms with Gasteiger partial charge in [-0.2, -0.15) is 13.2 Å². The van der Waals surface area contributed by atoms with Crippen LogP contribution in [-0.4, -0.2) is 9.97 Å². The number of nitrogens with two attached hydrogens (primary N) is 1. The second-order valence-electron chi connectivity index (χ2n) is 3.84. The van der Waals surface area contributed by atoms with Gasteiger partial charge < -0.3 is 5.73 Å². The number of nitrogens with zero attached hydrogens (tertiary/aromatic N) is 1. The Morgan fingerprint density at radius 3 is 2.50 bits per heavy atom. The minimum absolute atomic E-state index is 0.106. The molecule has 0 radical (unpaired) electrons. The maximum atomic E-state index is 12.7. The van der Waals surface area contributed by atoms with Crippen LogP contribution in [0.3, 0.4) is 0 Å². The fourth-order valence-electron chi connectivity index (χ4n) is 1.79. The van der Waals surface area contributed by atoms with E-state index in [9.17, 15) is 13.2 Å². The molecule has 1 aliphatic carbocycles. The van der Waals surface area contributed by atoms with E-state index in [0.29, 0.717) is 12.8 Å². The summed E-state index contributed by atoms with van der Waals surface area (Å²) < 4.78 is 38.2. The average Bonchev–Trinajstić information content (AvgIpc) is 2.97. The normalized spacial score (nSPS) is 18.2. The molecule has 2 N–H and O–H groups in total. The number of pyridine rings is 1. The highest BCUT2D eigenvalue weighted by atomic mass is 32.1. The number of hydrogen-bond donors (Lipinski definition) is 1. The predicted octanol–water partition coefficient (Wildman–Crippen LogP) is 2.42. The highest BCUT2D eigenvalue weighted by Gasteiger charge is 2.52. The zero-order valence-electron chi connectivity index (χ0n) is 8.21. The highest BCUT2D eigenvalue weighted by Crippen LogP contribution is 2.51. The summed E-state index contributed by atoms with van der Waals surface area (Å²) in [5, 5.41) is 0. The van der Waals surface area contributed by atoms with E-state index in [4.69, 9.17) is 18.0 Å². The zero-order chi connectivity index (χ0) is 12.0. The van der Waals surface area contributed by atoms with Crippen molar-refractivity contribution in [3.63, 3.8) is 0 Å². The molecule has 2 nitrogen and oxygen atoms in total. The minimum atomic E-state index is -4.46. The molecule has 1 heterocycles. The molecule has 0 bridgehead atoms. The molecular formula is C10H9F3N2S. The van der Waals surface area contributed by atoms with Gasteiger partial charge in [-0.05, 0) is 24.5 Å². The maximum absolute atomic E-state index is 12.7. The number of thiocarbonyl (C=S) groups is 1. The summed E-state index contributed by atoms with van der Waals surface area (Å²) in [7, 11) is 0. The van der Waals surface area contributed by atoms with Gasteiger partial charge in [-0.3, -0.25) is 4.98 Å². The number of rotatable bonds is 2. The fourth-order valence-corrected chi connectivity index (χ4v) is 2.10. The summed E-state index contributed by atoms with van der Waals surface area (Å²) in [6.07, 6.45) is -2.20. The quantitative estimate of drug-likeness (QED) is 0.814. The van der Waals surface area contributed by atoms with Crippen LogP contribution in [-0.2, 0) is 11.6 Å². The fraction of sp³-hybridized carbons (Fsp3) is 0.400. The lowest BCUT2D eigenvalue weighted by Crippen LogP contribution is -2.29. The van der Waals surface area contributed by atoms with Gasteiger partial charge in [-0.25, -0.2) is 0 Å². The summed E-state index contributed by atoms with van der Waals surface area (Å²) in [6, 6.07) is 2.88. The van der Waals surface area contributed by atoms with Crippen molar-refractivity contribution < 1.29 is 13.2 Å². The Hall–Kier alpha value is -1.17. The molecule has 86 valence electrons. The van der Waals surface area contributed by atoms with Crippen molar-refractivity contribution in [3.05, 3.63) is 29.6 Å². The van der Waals surface area contributed by atoms with Gasteiger partial charge >= 0.3 is 6.18 Å². The van der Waals surface area contributed by atoms with E-state index in [1.807, 2.05) is 0 Å². The highest BCUT2D eigenvalue weighted by molar-refractivity contribution is 7.80. The van der Waals surface area contributed by atoms with Crippen molar-refractivity contribution in [2.24, 2.45) is 5.73 Å². The van der Waals surface area contributed by atoms with Gasteiger partial charge in [-0.15, -0.1) is 0 Å². The third kappa shape index (κ3) is 1.67. The summed E-state index contributed by atoms with van der Waals surface area (Å²) in [4.78, 5) is 3.52. The number of aromatic nitrogens is 1. The van der Waals surface area contributed by atoms with Crippen LogP contribution in [0, 0.1) is 0 Å². The summed E-state index contributed by atoms with van der Waals surface area (Å²) >= 11 is 4.84. The molecule has 0 atom stereocenters. The Bertz CT molecular complexity index is 438. The van der Waals surface area contributed by atoms with E-state index in [1.165, 1.54) is 12.1 Å². The first kappa shape index (κ1) is 11.3. The Kier molecular flexibility index (Phi) is 2.41. The van der Waals surface area contributed by atoms with Gasteiger partial charge in [0.25, 0.3) is 0 Å². The van der Waals surface area contributed by atoms with Gasteiger partial charge in [0, 0.05) is 11.6 Å². The molecule has 0 amide bonds. The van der Waals surface area contributed by atoms with Gasteiger partial charge in [-0.1, -0.05) is 18.3 Å². The SMILES string of the molecule is NC(=S)C1(c2cccnc2C(F)(F)F)CC1. The predicted molar refractivity (Wildman–Crippen MR) is 56.9 cm³/mol. The van der Waals surface area contributed by atoms with Crippen molar-refractivity contribution in [1.29, 1.82) is 0 Å². The van der Waals surface area contributed by atoms with Crippen molar-refractivity contribution in [2.45, 2.75) is 24.4 Å². The average molecular weight is 246 g/mol. The first-order chi connectivity index (χ1) is 7.38. The first-order valence-corrected chi connectivity index (χ1v) is 5.11. The van der Waals surface area contributed by atoms with E-state index in [0.717, 1.165) is 6.20 Å². The smallest absolute Gasteiger partial charge is 0.393 e. The molecule has 0 spiro atoms. The lowest BCUT2D eigenvalue weighted by Gasteiger charge is -2.18. The standard InChI is InChI=1S/C10H9F3N2S/c11-10(12,13)7-6(2-1-5-15-7)9(3-4-9)8(14)16/h1-2,5H,3-4H2,(H2,14,16). The monoisotopic (exact) mass is 246 g/mol. The third-order valence-corrected chi connectivity index (χ3v) is 3.20. The largest absolute Gasteiger partial charge is 0.433 e. The molecule has 1 aromatic heterocycles. The summed E-state index contributed by atoms with van der Waals surface area (Å²) in [6.45, 7) is 0. The first-order valence-electron chi connectivity index (χ1n) is 4.70. The minimum Gasteiger partial charge on any atom is -0.393 e. The molecule has 0 saturated heterocycles. The van der Waals surface area contributed by atoms with E-state index in [-0.39, 0.29) is 10.6 Å². The van der Waals surface area contributed by atoms with E-state index in [1.54, 1.807) is 0 Å². The molecule has 0 unspecified atom stereocenters. The zero-order valence-corrected chi connectivity index (χ0v) is 9.03.